The highest BCUT2D eigenvalue weighted by molar-refractivity contribution is 5.85. The van der Waals surface area contributed by atoms with Crippen LogP contribution in [0.4, 0.5) is 0 Å². The van der Waals surface area contributed by atoms with E-state index < -0.39 is 0 Å². The van der Waals surface area contributed by atoms with Crippen molar-refractivity contribution in [2.45, 2.75) is 39.2 Å². The topological polar surface area (TPSA) is 32.3 Å². The average molecular weight is 235 g/mol. The molecule has 1 aliphatic rings. The summed E-state index contributed by atoms with van der Waals surface area (Å²) < 4.78 is 0. The van der Waals surface area contributed by atoms with E-state index in [4.69, 9.17) is 0 Å². The molecule has 1 fully saturated rings. The quantitative estimate of drug-likeness (QED) is 0.806. The number of halogens is 1. The fraction of sp³-hybridized carbons (Fsp3) is 0.909. The van der Waals surface area contributed by atoms with E-state index in [2.05, 4.69) is 19.2 Å². The van der Waals surface area contributed by atoms with Crippen molar-refractivity contribution < 1.29 is 4.79 Å². The number of carbonyl (C=O) groups excluding carboxylic acids is 1. The third kappa shape index (κ3) is 4.85. The van der Waals surface area contributed by atoms with Crippen LogP contribution in [0.2, 0.25) is 0 Å². The highest BCUT2D eigenvalue weighted by Gasteiger charge is 2.21. The van der Waals surface area contributed by atoms with Gasteiger partial charge in [-0.1, -0.05) is 13.8 Å². The second-order valence-electron chi connectivity index (χ2n) is 4.58. The minimum absolute atomic E-state index is 0. The molecule has 1 N–H and O–H groups in total. The Morgan fingerprint density at radius 2 is 1.93 bits per heavy atom. The summed E-state index contributed by atoms with van der Waals surface area (Å²) in [6.45, 7) is 6.27. The van der Waals surface area contributed by atoms with E-state index in [1.165, 1.54) is 0 Å². The molecule has 0 aromatic heterocycles. The zero-order valence-corrected chi connectivity index (χ0v) is 10.8. The molecule has 4 heteroatoms. The van der Waals surface area contributed by atoms with Crippen LogP contribution in [0.25, 0.3) is 0 Å². The number of nitrogens with one attached hydrogen (secondary N) is 1. The van der Waals surface area contributed by atoms with E-state index in [1.54, 1.807) is 0 Å². The maximum atomic E-state index is 11.8. The Hall–Kier alpha value is -0.280. The Kier molecular flexibility index (Phi) is 6.94. The first-order valence-electron chi connectivity index (χ1n) is 5.57. The third-order valence-corrected chi connectivity index (χ3v) is 2.83. The van der Waals surface area contributed by atoms with Crippen LogP contribution in [0.15, 0.2) is 0 Å². The van der Waals surface area contributed by atoms with Crippen molar-refractivity contribution in [3.8, 4) is 0 Å². The van der Waals surface area contributed by atoms with E-state index >= 15 is 0 Å². The van der Waals surface area contributed by atoms with Crippen LogP contribution in [-0.4, -0.2) is 37.0 Å². The summed E-state index contributed by atoms with van der Waals surface area (Å²) in [5.74, 6) is 0.763. The Morgan fingerprint density at radius 3 is 2.40 bits per heavy atom. The van der Waals surface area contributed by atoms with Gasteiger partial charge in [-0.3, -0.25) is 4.79 Å². The molecule has 1 rings (SSSR count). The second-order valence-corrected chi connectivity index (χ2v) is 4.58. The first kappa shape index (κ1) is 14.7. The summed E-state index contributed by atoms with van der Waals surface area (Å²) in [6.07, 6.45) is 2.88. The lowest BCUT2D eigenvalue weighted by atomic mass is 10.0. The fourth-order valence-corrected chi connectivity index (χ4v) is 1.89. The first-order chi connectivity index (χ1) is 6.61. The Labute approximate surface area is 99.0 Å². The molecule has 0 spiro atoms. The SMILES string of the molecule is CC(C)CC(=O)N(C)C1CCNCC1.Cl. The Morgan fingerprint density at radius 1 is 1.40 bits per heavy atom. The van der Waals surface area contributed by atoms with Gasteiger partial charge in [0.1, 0.15) is 0 Å². The van der Waals surface area contributed by atoms with E-state index in [0.717, 1.165) is 25.9 Å². The Bertz CT molecular complexity index is 191. The molecule has 0 saturated carbocycles. The van der Waals surface area contributed by atoms with Gasteiger partial charge in [0.25, 0.3) is 0 Å². The largest absolute Gasteiger partial charge is 0.343 e. The molecule has 1 heterocycles. The van der Waals surface area contributed by atoms with Crippen LogP contribution < -0.4 is 5.32 Å². The highest BCUT2D eigenvalue weighted by atomic mass is 35.5. The predicted molar refractivity (Wildman–Crippen MR) is 65.4 cm³/mol. The normalized spacial score (nSPS) is 17.3. The van der Waals surface area contributed by atoms with Crippen molar-refractivity contribution in [2.24, 2.45) is 5.92 Å². The number of nitrogens with zero attached hydrogens (tertiary/aromatic N) is 1. The van der Waals surface area contributed by atoms with E-state index in [9.17, 15) is 4.79 Å². The maximum Gasteiger partial charge on any atom is 0.222 e. The Balaban J connectivity index is 0.00000196. The molecule has 0 bridgehead atoms. The summed E-state index contributed by atoms with van der Waals surface area (Å²) in [5.41, 5.74) is 0. The van der Waals surface area contributed by atoms with Crippen molar-refractivity contribution in [2.75, 3.05) is 20.1 Å². The van der Waals surface area contributed by atoms with Gasteiger partial charge in [-0.25, -0.2) is 0 Å². The standard InChI is InChI=1S/C11H22N2O.ClH/c1-9(2)8-11(14)13(3)10-4-6-12-7-5-10;/h9-10,12H,4-8H2,1-3H3;1H. The summed E-state index contributed by atoms with van der Waals surface area (Å²) in [4.78, 5) is 13.7. The number of amides is 1. The number of hydrogen-bond donors (Lipinski definition) is 1. The van der Waals surface area contributed by atoms with Crippen LogP contribution in [0, 0.1) is 5.92 Å². The molecule has 0 aromatic carbocycles. The summed E-state index contributed by atoms with van der Waals surface area (Å²) in [7, 11) is 1.95. The number of rotatable bonds is 3. The molecule has 1 aliphatic heterocycles. The van der Waals surface area contributed by atoms with E-state index in [0.29, 0.717) is 24.3 Å². The maximum absolute atomic E-state index is 11.8. The van der Waals surface area contributed by atoms with E-state index in [1.807, 2.05) is 11.9 Å². The average Bonchev–Trinajstić information content (AvgIpc) is 2.17. The molecule has 1 saturated heterocycles. The lowest BCUT2D eigenvalue weighted by Gasteiger charge is -2.32. The second kappa shape index (κ2) is 7.07. The van der Waals surface area contributed by atoms with Crippen molar-refractivity contribution in [3.05, 3.63) is 0 Å². The van der Waals surface area contributed by atoms with Gasteiger partial charge in [0.2, 0.25) is 5.91 Å². The third-order valence-electron chi connectivity index (χ3n) is 2.83. The molecule has 0 unspecified atom stereocenters. The summed E-state index contributed by atoms with van der Waals surface area (Å²) in [5, 5.41) is 3.31. The van der Waals surface area contributed by atoms with Crippen LogP contribution >= 0.6 is 12.4 Å². The fourth-order valence-electron chi connectivity index (χ4n) is 1.89. The zero-order chi connectivity index (χ0) is 10.6. The molecule has 0 aromatic rings. The highest BCUT2D eigenvalue weighted by Crippen LogP contribution is 2.12. The first-order valence-corrected chi connectivity index (χ1v) is 5.57. The van der Waals surface area contributed by atoms with Gasteiger partial charge in [-0.15, -0.1) is 12.4 Å². The zero-order valence-electron chi connectivity index (χ0n) is 9.95. The molecule has 0 radical (unpaired) electrons. The number of carbonyl (C=O) groups is 1. The molecule has 0 aliphatic carbocycles. The van der Waals surface area contributed by atoms with Crippen molar-refractivity contribution in [1.29, 1.82) is 0 Å². The molecule has 90 valence electrons. The molecule has 0 atom stereocenters. The molecular weight excluding hydrogens is 212 g/mol. The van der Waals surface area contributed by atoms with E-state index in [-0.39, 0.29) is 12.4 Å². The van der Waals surface area contributed by atoms with Crippen LogP contribution in [0.1, 0.15) is 33.1 Å². The number of hydrogen-bond acceptors (Lipinski definition) is 2. The van der Waals surface area contributed by atoms with Crippen molar-refractivity contribution >= 4 is 18.3 Å². The summed E-state index contributed by atoms with van der Waals surface area (Å²) >= 11 is 0. The van der Waals surface area contributed by atoms with Crippen LogP contribution in [0.5, 0.6) is 0 Å². The van der Waals surface area contributed by atoms with Gasteiger partial charge in [0.15, 0.2) is 0 Å². The molecule has 15 heavy (non-hydrogen) atoms. The molecule has 1 amide bonds. The lowest BCUT2D eigenvalue weighted by Crippen LogP contribution is -2.44. The minimum Gasteiger partial charge on any atom is -0.343 e. The number of piperidine rings is 1. The van der Waals surface area contributed by atoms with Gasteiger partial charge < -0.3 is 10.2 Å². The monoisotopic (exact) mass is 234 g/mol. The minimum atomic E-state index is 0. The van der Waals surface area contributed by atoms with Crippen molar-refractivity contribution in [3.63, 3.8) is 0 Å². The molecule has 3 nitrogen and oxygen atoms in total. The molecular formula is C11H23ClN2O. The van der Waals surface area contributed by atoms with Crippen LogP contribution in [-0.2, 0) is 4.79 Å². The van der Waals surface area contributed by atoms with Crippen LogP contribution in [0.3, 0.4) is 0 Å². The smallest absolute Gasteiger partial charge is 0.222 e. The van der Waals surface area contributed by atoms with Crippen molar-refractivity contribution in [1.82, 2.24) is 10.2 Å². The van der Waals surface area contributed by atoms with Gasteiger partial charge in [-0.05, 0) is 31.8 Å². The van der Waals surface area contributed by atoms with Gasteiger partial charge in [-0.2, -0.15) is 0 Å². The lowest BCUT2D eigenvalue weighted by molar-refractivity contribution is -0.133. The predicted octanol–water partition coefficient (Wildman–Crippen LogP) is 1.66. The summed E-state index contributed by atoms with van der Waals surface area (Å²) in [6, 6.07) is 0.461. The van der Waals surface area contributed by atoms with Gasteiger partial charge >= 0.3 is 0 Å². The van der Waals surface area contributed by atoms with Gasteiger partial charge in [0, 0.05) is 19.5 Å². The van der Waals surface area contributed by atoms with Gasteiger partial charge in [0.05, 0.1) is 0 Å².